The summed E-state index contributed by atoms with van der Waals surface area (Å²) in [5, 5.41) is 33.9. The molecule has 0 unspecified atom stereocenters. The van der Waals surface area contributed by atoms with Gasteiger partial charge < -0.3 is 84.3 Å². The van der Waals surface area contributed by atoms with Crippen LogP contribution in [0.25, 0.3) is 0 Å². The Labute approximate surface area is 999 Å². The number of aliphatic hydroxyl groups excluding tert-OH is 1. The molecule has 0 atom stereocenters. The number of hydrogen-bond donors (Lipinski definition) is 4. The summed E-state index contributed by atoms with van der Waals surface area (Å²) < 4.78 is 80.8. The molecule has 0 radical (unpaired) electrons. The molecule has 4 aromatic carbocycles. The fraction of sp³-hybridized carbons (Fsp3) is 0.329. The predicted molar refractivity (Wildman–Crippen MR) is 618 cm³/mol. The van der Waals surface area contributed by atoms with Crippen LogP contribution in [0.4, 0.5) is 44.2 Å². The van der Waals surface area contributed by atoms with Crippen LogP contribution in [0, 0.1) is 20.2 Å². The molecule has 126 heavy (non-hydrogen) atoms. The van der Waals surface area contributed by atoms with Crippen LogP contribution in [0.5, 0.6) is 58.0 Å². The van der Waals surface area contributed by atoms with Crippen molar-refractivity contribution in [1.29, 1.82) is 0 Å². The zero-order valence-corrected chi connectivity index (χ0v) is 117. The molecule has 1 fully saturated rings. The van der Waals surface area contributed by atoms with E-state index in [1.54, 1.807) is 107 Å². The van der Waals surface area contributed by atoms with Crippen molar-refractivity contribution in [3.63, 3.8) is 0 Å². The summed E-state index contributed by atoms with van der Waals surface area (Å²) in [5.41, 5.74) is 12.6. The minimum atomic E-state index is -1.67. The number of nitro groups is 2. The molecule has 0 saturated carbocycles. The summed E-state index contributed by atoms with van der Waals surface area (Å²) in [4.78, 5) is 72.6. The van der Waals surface area contributed by atoms with Gasteiger partial charge in [-0.2, -0.15) is 19.9 Å². The second-order valence-corrected chi connectivity index (χ2v) is 219. The van der Waals surface area contributed by atoms with Crippen molar-refractivity contribution in [2.75, 3.05) is 129 Å². The van der Waals surface area contributed by atoms with Crippen molar-refractivity contribution in [2.24, 2.45) is 0 Å². The Morgan fingerprint density at radius 1 is 0.563 bits per heavy atom. The summed E-state index contributed by atoms with van der Waals surface area (Å²) in [5.74, 6) is 3.15. The number of carbonyl (C=O) groups excluding carboxylic acids is 3. The average Bonchev–Trinajstić information content (AvgIpc) is 0.845. The Kier molecular flexibility index (Phi) is 109. The van der Waals surface area contributed by atoms with Crippen LogP contribution in [-0.2, 0) is 47.2 Å². The van der Waals surface area contributed by atoms with E-state index in [-0.39, 0.29) is 158 Å². The van der Waals surface area contributed by atoms with Crippen LogP contribution in [0.3, 0.4) is 0 Å². The van der Waals surface area contributed by atoms with Crippen molar-refractivity contribution in [2.45, 2.75) is 45.7 Å². The average molecular weight is 3370 g/mol. The summed E-state index contributed by atoms with van der Waals surface area (Å²) in [6.45, 7) is 28.0. The maximum atomic E-state index is 12.8. The van der Waals surface area contributed by atoms with E-state index < -0.39 is 66.1 Å². The number of halogens is 17. The molecular weight excluding hydrogens is 3280 g/mol. The molecule has 6 aromatic rings. The first-order chi connectivity index (χ1) is 59.6. The summed E-state index contributed by atoms with van der Waals surface area (Å²) in [7, 11) is 13.6. The normalized spacial score (nSPS) is 10.3. The number of hydrogen-bond acceptors (Lipinski definition) is 29. The van der Waals surface area contributed by atoms with E-state index in [0.29, 0.717) is 71.3 Å². The number of aliphatic hydroxyl groups is 1. The van der Waals surface area contributed by atoms with Gasteiger partial charge in [0.25, 0.3) is 0 Å². The first kappa shape index (κ1) is 143. The molecule has 0 aliphatic carbocycles. The van der Waals surface area contributed by atoms with Crippen LogP contribution in [0.2, 0.25) is 0 Å². The number of alkyl halides is 3. The van der Waals surface area contributed by atoms with Crippen molar-refractivity contribution in [3.8, 4) is 58.0 Å². The Morgan fingerprint density at radius 3 is 1.21 bits per heavy atom. The number of carbonyl (C=O) groups is 3. The molecule has 7 rings (SSSR count). The predicted octanol–water partition coefficient (Wildman–Crippen LogP) is 21.4. The van der Waals surface area contributed by atoms with Gasteiger partial charge in [0.15, 0.2) is 0 Å². The van der Waals surface area contributed by atoms with E-state index in [2.05, 4.69) is 244 Å². The summed E-state index contributed by atoms with van der Waals surface area (Å²) in [6.07, 6.45) is 10.2. The zero-order chi connectivity index (χ0) is 96.4. The number of amides is 2. The summed E-state index contributed by atoms with van der Waals surface area (Å²) in [6, 6.07) is 20.2. The third-order valence-electron chi connectivity index (χ3n) is 12.2. The van der Waals surface area contributed by atoms with E-state index in [1.165, 1.54) is 173 Å². The number of methoxy groups -OCH3 is 5. The van der Waals surface area contributed by atoms with Crippen molar-refractivity contribution >= 4 is 425 Å². The molecule has 6 N–H and O–H groups in total. The third kappa shape index (κ3) is 74.3. The molecule has 2 amide bonds. The first-order valence-electron chi connectivity index (χ1n) is 35.1. The van der Waals surface area contributed by atoms with Gasteiger partial charge in [-0.1, -0.05) is 75.9 Å². The molecule has 0 spiro atoms. The van der Waals surface area contributed by atoms with Gasteiger partial charge in [-0.15, -0.1) is 34.8 Å². The SMILES string of the molecule is C1CCOC1.C=CCOc1cc(CCl)cc(OC)c1.C=CCOc1cc(CN(C(=O)OCC)c2nc(OCC=C)nc(N)c2[N+](=O)[O-])cc(OC)c1.C=CCOc1cc(CO)cc(OC)c1.C=CCOc1cc(OC)cc(C(=O)OC)c1.C=CCOc1nc(N)c([N+](=O)[O-])c(NC(=O)OCC)n1.ClCCl.II(I)I(I)I.II(I)I(I)I.O=S(Cl)Cl.[H-].[HH].[HH].[HH].[K+].[K][K].[K][K]. The molecule has 33 nitrogen and oxygen atoms in total. The monoisotopic (exact) mass is 3370 g/mol. The molecule has 2 aromatic heterocycles. The van der Waals surface area contributed by atoms with Gasteiger partial charge in [-0.05, 0) is 91.9 Å². The molecule has 3 heterocycles. The van der Waals surface area contributed by atoms with Gasteiger partial charge in [0.2, 0.25) is 32.5 Å². The van der Waals surface area contributed by atoms with Crippen molar-refractivity contribution < 1.29 is 157 Å². The number of aromatic nitrogens is 4. The van der Waals surface area contributed by atoms with E-state index in [4.69, 9.17) is 112 Å². The fourth-order valence-electron chi connectivity index (χ4n) is 7.69. The second kappa shape index (κ2) is 96.2. The Bertz CT molecular complexity index is 4040. The first-order valence-corrected chi connectivity index (χ1v) is 134. The number of ether oxygens (including phenoxy) is 14. The molecule has 1 aliphatic heterocycles. The maximum absolute atomic E-state index is 12.8. The number of nitrogen functional groups attached to an aromatic ring is 2. The quantitative estimate of drug-likeness (QED) is 0.00330. The van der Waals surface area contributed by atoms with Crippen LogP contribution in [0.15, 0.2) is 149 Å². The van der Waals surface area contributed by atoms with Crippen molar-refractivity contribution in [3.05, 3.63) is 191 Å². The van der Waals surface area contributed by atoms with Gasteiger partial charge in [0.05, 0.1) is 82.7 Å². The second-order valence-electron chi connectivity index (χ2n) is 20.4. The molecule has 1 aliphatic rings. The molecule has 694 valence electrons. The molecular formula is C70H96Cl5I12K5N10O23S. The minimum absolute atomic E-state index is 0. The molecule has 1 saturated heterocycles. The number of anilines is 4. The van der Waals surface area contributed by atoms with Crippen LogP contribution in [-0.4, -0.2) is 291 Å². The van der Waals surface area contributed by atoms with Gasteiger partial charge in [0, 0.05) is 69.0 Å². The zero-order valence-electron chi connectivity index (χ0n) is 71.5. The fourth-order valence-corrected chi connectivity index (χ4v) is 7.84. The molecule has 56 heteroatoms. The number of rotatable bonds is 35. The van der Waals surface area contributed by atoms with E-state index >= 15 is 0 Å². The number of nitrogens with zero attached hydrogens (tertiary/aromatic N) is 7. The van der Waals surface area contributed by atoms with E-state index in [0.717, 1.165) is 40.7 Å². The van der Waals surface area contributed by atoms with Crippen LogP contribution >= 0.6 is 237 Å². The number of nitrogens with two attached hydrogens (primary N) is 2. The Hall–Kier alpha value is 6.35. The standard InChI is InChI=1S/C21H25N5O7.C12H14O4.C11H13ClO2.C11H14O3.C10H13N5O5.C4H8O.CH2Cl2.Cl2OS.2I6.5K.3H2.H/c1-5-8-32-16-11-14(10-15(12-16)30-4)13-25(21(27)31-7-3)19-17(26(28)29)18(22)23-20(24-19)33-9-6-2;1-4-5-16-11-7-9(12(13)15-3)6-10(8-11)14-2;2*1-3-4-14-11-6-9(8-12)5-10(7-11)13-2;1-3-5-20-9-12-7(11)6(15(17)18)8(13-9)14-10(16)19-4-2;1-2-4-5-3-1;2-1-3;1-4(2)3;2*1-5(2)6(3)4;;;;;;;;;/h5-6,10-12H,1-2,7-9,13H2,3-4H3,(H2,22,23,24);4,6-8H,1,5H2,2-3H3;3,5-7H,1,4,8H2,2H3;3,5-7,12H,1,4,8H2,2H3;3H,1,4-5H2,2H3,(H3,11,12,13,14,16);1-4H2;1H2;;;;;;;;;3*1H;/q;;;;;;;;;;;;;;+1;;;;-1. The van der Waals surface area contributed by atoms with E-state index in [9.17, 15) is 34.6 Å². The number of nitrogens with one attached hydrogen (secondary N) is 1. The van der Waals surface area contributed by atoms with Gasteiger partial charge >= 0.3 is 400 Å². The van der Waals surface area contributed by atoms with Gasteiger partial charge in [-0.25, -0.2) is 18.6 Å². The van der Waals surface area contributed by atoms with Crippen LogP contribution < -0.4 is 120 Å². The summed E-state index contributed by atoms with van der Waals surface area (Å²) >= 11 is 41.3. The van der Waals surface area contributed by atoms with Gasteiger partial charge in [0.1, 0.15) is 85.6 Å². The Balaban J connectivity index is -0.000000163. The number of benzene rings is 4. The van der Waals surface area contributed by atoms with Crippen LogP contribution in [0.1, 0.15) is 59.4 Å². The van der Waals surface area contributed by atoms with Gasteiger partial charge in [-0.3, -0.25) is 30.4 Å². The Morgan fingerprint density at radius 2 is 0.881 bits per heavy atom. The number of esters is 1. The van der Waals surface area contributed by atoms with E-state index in [1.807, 2.05) is 18.2 Å². The van der Waals surface area contributed by atoms with Crippen molar-refractivity contribution in [1.82, 2.24) is 19.9 Å². The third-order valence-corrected chi connectivity index (χ3v) is 343. The topological polar surface area (TPSA) is 423 Å². The molecule has 0 bridgehead atoms.